The van der Waals surface area contributed by atoms with Gasteiger partial charge in [0.25, 0.3) is 0 Å². The molecule has 5 nitrogen and oxygen atoms in total. The van der Waals surface area contributed by atoms with E-state index in [4.69, 9.17) is 5.73 Å². The monoisotopic (exact) mass is 295 g/mol. The van der Waals surface area contributed by atoms with E-state index in [2.05, 4.69) is 9.62 Å². The van der Waals surface area contributed by atoms with Crippen LogP contribution in [0.5, 0.6) is 0 Å². The van der Waals surface area contributed by atoms with Gasteiger partial charge in [0.2, 0.25) is 10.0 Å². The van der Waals surface area contributed by atoms with Gasteiger partial charge in [-0.15, -0.1) is 0 Å². The lowest BCUT2D eigenvalue weighted by Crippen LogP contribution is -2.37. The van der Waals surface area contributed by atoms with E-state index in [1.807, 2.05) is 6.92 Å². The van der Waals surface area contributed by atoms with Gasteiger partial charge in [0.05, 0.1) is 4.90 Å². The smallest absolute Gasteiger partial charge is 0.240 e. The summed E-state index contributed by atoms with van der Waals surface area (Å²) < 4.78 is 27.5. The van der Waals surface area contributed by atoms with Gasteiger partial charge in [-0.1, -0.05) is 6.07 Å². The Balaban J connectivity index is 1.70. The van der Waals surface area contributed by atoms with Crippen molar-refractivity contribution in [2.45, 2.75) is 43.2 Å². The van der Waals surface area contributed by atoms with Crippen LogP contribution in [-0.2, 0) is 10.0 Å². The van der Waals surface area contributed by atoms with Gasteiger partial charge in [-0.3, -0.25) is 4.90 Å². The molecule has 2 aliphatic rings. The lowest BCUT2D eigenvalue weighted by Gasteiger charge is -2.16. The molecule has 1 aliphatic heterocycles. The third-order valence-electron chi connectivity index (χ3n) is 4.17. The quantitative estimate of drug-likeness (QED) is 0.815. The highest BCUT2D eigenvalue weighted by atomic mass is 32.2. The number of hydrogen-bond acceptors (Lipinski definition) is 4. The second-order valence-electron chi connectivity index (χ2n) is 5.85. The number of likely N-dealkylation sites (tertiary alicyclic amines) is 1. The number of anilines is 1. The van der Waals surface area contributed by atoms with Crippen LogP contribution in [0.15, 0.2) is 23.1 Å². The van der Waals surface area contributed by atoms with Crippen LogP contribution in [0.4, 0.5) is 5.69 Å². The lowest BCUT2D eigenvalue weighted by atomic mass is 10.2. The summed E-state index contributed by atoms with van der Waals surface area (Å²) in [6.07, 6.45) is 3.40. The second-order valence-corrected chi connectivity index (χ2v) is 7.57. The molecule has 1 aliphatic carbocycles. The van der Waals surface area contributed by atoms with Gasteiger partial charge in [0.1, 0.15) is 0 Å². The molecule has 1 aromatic rings. The summed E-state index contributed by atoms with van der Waals surface area (Å²) in [4.78, 5) is 2.64. The maximum absolute atomic E-state index is 12.4. The molecule has 3 rings (SSSR count). The van der Waals surface area contributed by atoms with E-state index in [0.717, 1.165) is 25.1 Å². The minimum absolute atomic E-state index is 0.0168. The normalized spacial score (nSPS) is 24.1. The molecule has 2 fully saturated rings. The highest BCUT2D eigenvalue weighted by Gasteiger charge is 2.35. The fourth-order valence-electron chi connectivity index (χ4n) is 2.73. The van der Waals surface area contributed by atoms with Crippen molar-refractivity contribution in [1.29, 1.82) is 0 Å². The summed E-state index contributed by atoms with van der Waals surface area (Å²) in [6.45, 7) is 3.68. The molecule has 1 unspecified atom stereocenters. The van der Waals surface area contributed by atoms with Gasteiger partial charge < -0.3 is 5.73 Å². The van der Waals surface area contributed by atoms with Crippen molar-refractivity contribution in [3.8, 4) is 0 Å². The Kier molecular flexibility index (Phi) is 3.48. The zero-order valence-electron chi connectivity index (χ0n) is 11.7. The van der Waals surface area contributed by atoms with E-state index >= 15 is 0 Å². The van der Waals surface area contributed by atoms with E-state index in [0.29, 0.717) is 11.7 Å². The van der Waals surface area contributed by atoms with Crippen LogP contribution >= 0.6 is 0 Å². The number of nitrogens with zero attached hydrogens (tertiary/aromatic N) is 1. The molecule has 3 N–H and O–H groups in total. The fraction of sp³-hybridized carbons (Fsp3) is 0.571. The number of rotatable bonds is 4. The van der Waals surface area contributed by atoms with Crippen LogP contribution in [0.2, 0.25) is 0 Å². The molecule has 0 bridgehead atoms. The Bertz CT molecular complexity index is 611. The third kappa shape index (κ3) is 2.82. The van der Waals surface area contributed by atoms with E-state index in [1.165, 1.54) is 18.9 Å². The van der Waals surface area contributed by atoms with Gasteiger partial charge in [0, 0.05) is 30.9 Å². The molecule has 1 atom stereocenters. The van der Waals surface area contributed by atoms with Crippen LogP contribution in [0.25, 0.3) is 0 Å². The summed E-state index contributed by atoms with van der Waals surface area (Å²) in [5.74, 6) is 0. The van der Waals surface area contributed by atoms with E-state index in [1.54, 1.807) is 12.1 Å². The summed E-state index contributed by atoms with van der Waals surface area (Å²) in [5.41, 5.74) is 7.20. The molecule has 0 spiro atoms. The molecular formula is C14H21N3O2S. The molecule has 0 radical (unpaired) electrons. The third-order valence-corrected chi connectivity index (χ3v) is 5.68. The molecule has 20 heavy (non-hydrogen) atoms. The number of nitrogen functional groups attached to an aromatic ring is 1. The zero-order chi connectivity index (χ0) is 14.3. The summed E-state index contributed by atoms with van der Waals surface area (Å²) in [5, 5.41) is 0. The van der Waals surface area contributed by atoms with E-state index in [-0.39, 0.29) is 10.9 Å². The van der Waals surface area contributed by atoms with Crippen LogP contribution < -0.4 is 10.5 Å². The Hall–Kier alpha value is -1.11. The first kappa shape index (κ1) is 13.9. The first-order valence-corrected chi connectivity index (χ1v) is 8.56. The van der Waals surface area contributed by atoms with Crippen molar-refractivity contribution in [3.63, 3.8) is 0 Å². The van der Waals surface area contributed by atoms with Gasteiger partial charge in [-0.05, 0) is 43.9 Å². The SMILES string of the molecule is Cc1ccc(S(=O)(=O)NC2CCN(C3CC3)C2)cc1N. The van der Waals surface area contributed by atoms with Crippen LogP contribution in [0.1, 0.15) is 24.8 Å². The Labute approximate surface area is 120 Å². The molecule has 1 heterocycles. The fourth-order valence-corrected chi connectivity index (χ4v) is 4.02. The Morgan fingerprint density at radius 3 is 2.70 bits per heavy atom. The standard InChI is InChI=1S/C14H21N3O2S/c1-10-2-5-13(8-14(10)15)20(18,19)16-11-6-7-17(9-11)12-3-4-12/h2,5,8,11-12,16H,3-4,6-7,9,15H2,1H3. The maximum Gasteiger partial charge on any atom is 0.240 e. The molecule has 1 saturated heterocycles. The maximum atomic E-state index is 12.4. The number of nitrogens with two attached hydrogens (primary N) is 1. The topological polar surface area (TPSA) is 75.4 Å². The van der Waals surface area contributed by atoms with Crippen LogP contribution in [0.3, 0.4) is 0 Å². The lowest BCUT2D eigenvalue weighted by molar-refractivity contribution is 0.322. The molecule has 6 heteroatoms. The molecular weight excluding hydrogens is 274 g/mol. The average Bonchev–Trinajstić information content (AvgIpc) is 3.14. The minimum Gasteiger partial charge on any atom is -0.398 e. The Morgan fingerprint density at radius 2 is 2.05 bits per heavy atom. The average molecular weight is 295 g/mol. The molecule has 0 amide bonds. The van der Waals surface area contributed by atoms with Gasteiger partial charge in [-0.2, -0.15) is 0 Å². The predicted molar refractivity (Wildman–Crippen MR) is 78.9 cm³/mol. The number of benzene rings is 1. The van der Waals surface area contributed by atoms with Crippen molar-refractivity contribution in [3.05, 3.63) is 23.8 Å². The first-order valence-electron chi connectivity index (χ1n) is 7.08. The van der Waals surface area contributed by atoms with Crippen LogP contribution in [0, 0.1) is 6.92 Å². The van der Waals surface area contributed by atoms with Crippen molar-refractivity contribution in [2.24, 2.45) is 0 Å². The second kappa shape index (κ2) is 5.02. The zero-order valence-corrected chi connectivity index (χ0v) is 12.5. The first-order chi connectivity index (χ1) is 9.45. The van der Waals surface area contributed by atoms with Crippen molar-refractivity contribution in [2.75, 3.05) is 18.8 Å². The highest BCUT2D eigenvalue weighted by Crippen LogP contribution is 2.30. The van der Waals surface area contributed by atoms with Gasteiger partial charge in [-0.25, -0.2) is 13.1 Å². The number of nitrogens with one attached hydrogen (secondary N) is 1. The summed E-state index contributed by atoms with van der Waals surface area (Å²) in [7, 11) is -3.47. The van der Waals surface area contributed by atoms with Crippen LogP contribution in [-0.4, -0.2) is 38.5 Å². The predicted octanol–water partition coefficient (Wildman–Crippen LogP) is 1.09. The summed E-state index contributed by atoms with van der Waals surface area (Å²) >= 11 is 0. The number of sulfonamides is 1. The largest absolute Gasteiger partial charge is 0.398 e. The van der Waals surface area contributed by atoms with E-state index < -0.39 is 10.0 Å². The van der Waals surface area contributed by atoms with E-state index in [9.17, 15) is 8.42 Å². The molecule has 0 aromatic heterocycles. The molecule has 1 aromatic carbocycles. The van der Waals surface area contributed by atoms with Crippen molar-refractivity contribution in [1.82, 2.24) is 9.62 Å². The van der Waals surface area contributed by atoms with Crippen molar-refractivity contribution >= 4 is 15.7 Å². The summed E-state index contributed by atoms with van der Waals surface area (Å²) in [6, 6.07) is 5.60. The van der Waals surface area contributed by atoms with Crippen molar-refractivity contribution < 1.29 is 8.42 Å². The number of aryl methyl sites for hydroxylation is 1. The highest BCUT2D eigenvalue weighted by molar-refractivity contribution is 7.89. The molecule has 1 saturated carbocycles. The molecule has 110 valence electrons. The Morgan fingerprint density at radius 1 is 1.30 bits per heavy atom. The number of hydrogen-bond donors (Lipinski definition) is 2. The van der Waals surface area contributed by atoms with Gasteiger partial charge >= 0.3 is 0 Å². The minimum atomic E-state index is -3.47. The van der Waals surface area contributed by atoms with Gasteiger partial charge in [0.15, 0.2) is 0 Å².